The molecule has 0 aromatic heterocycles. The third-order valence-corrected chi connectivity index (χ3v) is 7.89. The fourth-order valence-electron chi connectivity index (χ4n) is 3.71. The maximum Gasteiger partial charge on any atom is 0.253 e. The van der Waals surface area contributed by atoms with Gasteiger partial charge in [0.2, 0.25) is 15.9 Å². The van der Waals surface area contributed by atoms with Crippen LogP contribution in [0.3, 0.4) is 0 Å². The van der Waals surface area contributed by atoms with Crippen molar-refractivity contribution in [3.8, 4) is 0 Å². The van der Waals surface area contributed by atoms with Gasteiger partial charge < -0.3 is 10.6 Å². The van der Waals surface area contributed by atoms with Crippen molar-refractivity contribution in [3.63, 3.8) is 0 Å². The molecule has 33 heavy (non-hydrogen) atoms. The highest BCUT2D eigenvalue weighted by atomic mass is 35.5. The number of anilines is 1. The van der Waals surface area contributed by atoms with Crippen LogP contribution in [-0.4, -0.2) is 43.7 Å². The molecule has 0 saturated carbocycles. The largest absolute Gasteiger partial charge is 0.350 e. The number of carbonyl (C=O) groups excluding carboxylic acids is 2. The molecule has 0 bridgehead atoms. The standard InChI is InChI=1S/C23H27Cl2N3O4S/c1-15(2)26-23(30)18-7-3-4-8-21(18)27-22(29)17-6-5-11-28(13-17)33(31,32)14-16-9-10-19(24)20(25)12-16/h3-4,7-10,12,15,17H,5-6,11,13-14H2,1-2H3,(H,26,30)(H,27,29)/t17-/m1/s1. The summed E-state index contributed by atoms with van der Waals surface area (Å²) in [5.41, 5.74) is 1.29. The summed E-state index contributed by atoms with van der Waals surface area (Å²) >= 11 is 11.9. The van der Waals surface area contributed by atoms with Gasteiger partial charge in [-0.15, -0.1) is 0 Å². The molecule has 1 fully saturated rings. The van der Waals surface area contributed by atoms with Gasteiger partial charge in [0.15, 0.2) is 0 Å². The number of hydrogen-bond acceptors (Lipinski definition) is 4. The normalized spacial score (nSPS) is 17.1. The van der Waals surface area contributed by atoms with Gasteiger partial charge in [-0.05, 0) is 56.5 Å². The number of nitrogens with one attached hydrogen (secondary N) is 2. The van der Waals surface area contributed by atoms with Crippen LogP contribution in [-0.2, 0) is 20.6 Å². The second kappa shape index (κ2) is 10.9. The average molecular weight is 512 g/mol. The summed E-state index contributed by atoms with van der Waals surface area (Å²) in [7, 11) is -3.65. The molecule has 7 nitrogen and oxygen atoms in total. The Morgan fingerprint density at radius 3 is 2.55 bits per heavy atom. The molecule has 0 unspecified atom stereocenters. The molecule has 178 valence electrons. The Balaban J connectivity index is 1.70. The van der Waals surface area contributed by atoms with Gasteiger partial charge in [-0.3, -0.25) is 9.59 Å². The number of halogens is 2. The van der Waals surface area contributed by atoms with Crippen molar-refractivity contribution in [2.24, 2.45) is 5.92 Å². The molecule has 1 heterocycles. The minimum atomic E-state index is -3.65. The zero-order valence-corrected chi connectivity index (χ0v) is 20.8. The molecule has 2 aromatic carbocycles. The number of benzene rings is 2. The van der Waals surface area contributed by atoms with Crippen LogP contribution in [0.1, 0.15) is 42.6 Å². The van der Waals surface area contributed by atoms with Crippen LogP contribution in [0.5, 0.6) is 0 Å². The highest BCUT2D eigenvalue weighted by Crippen LogP contribution is 2.27. The van der Waals surface area contributed by atoms with Crippen molar-refractivity contribution in [1.82, 2.24) is 9.62 Å². The Bertz CT molecular complexity index is 1140. The zero-order valence-electron chi connectivity index (χ0n) is 18.5. The number of amides is 2. The van der Waals surface area contributed by atoms with Crippen LogP contribution < -0.4 is 10.6 Å². The fourth-order valence-corrected chi connectivity index (χ4v) is 5.62. The average Bonchev–Trinajstić information content (AvgIpc) is 2.76. The number of nitrogens with zero attached hydrogens (tertiary/aromatic N) is 1. The lowest BCUT2D eigenvalue weighted by molar-refractivity contribution is -0.120. The second-order valence-electron chi connectivity index (χ2n) is 8.36. The van der Waals surface area contributed by atoms with Gasteiger partial charge in [-0.25, -0.2) is 12.7 Å². The van der Waals surface area contributed by atoms with Gasteiger partial charge in [0, 0.05) is 19.1 Å². The monoisotopic (exact) mass is 511 g/mol. The van der Waals surface area contributed by atoms with E-state index >= 15 is 0 Å². The van der Waals surface area contributed by atoms with Gasteiger partial charge in [0.25, 0.3) is 5.91 Å². The molecule has 1 aliphatic rings. The number of hydrogen-bond donors (Lipinski definition) is 2. The Morgan fingerprint density at radius 2 is 1.85 bits per heavy atom. The lowest BCUT2D eigenvalue weighted by Crippen LogP contribution is -2.44. The van der Waals surface area contributed by atoms with Crippen molar-refractivity contribution < 1.29 is 18.0 Å². The van der Waals surface area contributed by atoms with Gasteiger partial charge in [-0.1, -0.05) is 41.4 Å². The third-order valence-electron chi connectivity index (χ3n) is 5.33. The summed E-state index contributed by atoms with van der Waals surface area (Å²) in [5.74, 6) is -1.34. The van der Waals surface area contributed by atoms with E-state index in [1.165, 1.54) is 10.4 Å². The Hall–Kier alpha value is -2.13. The lowest BCUT2D eigenvalue weighted by atomic mass is 9.98. The zero-order chi connectivity index (χ0) is 24.2. The van der Waals surface area contributed by atoms with E-state index in [0.29, 0.717) is 46.2 Å². The van der Waals surface area contributed by atoms with E-state index < -0.39 is 15.9 Å². The minimum absolute atomic E-state index is 0.0473. The van der Waals surface area contributed by atoms with E-state index in [0.717, 1.165) is 0 Å². The lowest BCUT2D eigenvalue weighted by Gasteiger charge is -2.31. The summed E-state index contributed by atoms with van der Waals surface area (Å²) in [6, 6.07) is 11.4. The van der Waals surface area contributed by atoms with Gasteiger partial charge in [-0.2, -0.15) is 0 Å². The first-order valence-electron chi connectivity index (χ1n) is 10.7. The molecule has 1 atom stereocenters. The van der Waals surface area contributed by atoms with Crippen molar-refractivity contribution >= 4 is 50.7 Å². The molecule has 0 spiro atoms. The maximum atomic E-state index is 13.0. The van der Waals surface area contributed by atoms with Crippen molar-refractivity contribution in [2.75, 3.05) is 18.4 Å². The molecule has 2 amide bonds. The molecule has 2 aromatic rings. The number of rotatable bonds is 7. The molecular weight excluding hydrogens is 485 g/mol. The predicted molar refractivity (Wildman–Crippen MR) is 131 cm³/mol. The first kappa shape index (κ1) is 25.5. The summed E-state index contributed by atoms with van der Waals surface area (Å²) in [4.78, 5) is 25.4. The number of para-hydroxylation sites is 1. The van der Waals surface area contributed by atoms with Gasteiger partial charge >= 0.3 is 0 Å². The van der Waals surface area contributed by atoms with E-state index in [-0.39, 0.29) is 30.2 Å². The Morgan fingerprint density at radius 1 is 1.12 bits per heavy atom. The Kier molecular flexibility index (Phi) is 8.39. The smallest absolute Gasteiger partial charge is 0.253 e. The quantitative estimate of drug-likeness (QED) is 0.578. The van der Waals surface area contributed by atoms with Crippen LogP contribution in [0.15, 0.2) is 42.5 Å². The molecule has 1 aliphatic heterocycles. The van der Waals surface area contributed by atoms with Crippen LogP contribution in [0, 0.1) is 5.92 Å². The molecule has 0 radical (unpaired) electrons. The van der Waals surface area contributed by atoms with E-state index in [1.54, 1.807) is 36.4 Å². The van der Waals surface area contributed by atoms with E-state index in [1.807, 2.05) is 13.8 Å². The molecule has 0 aliphatic carbocycles. The molecule has 1 saturated heterocycles. The number of piperidine rings is 1. The van der Waals surface area contributed by atoms with Gasteiger partial charge in [0.1, 0.15) is 0 Å². The molecule has 10 heteroatoms. The highest BCUT2D eigenvalue weighted by Gasteiger charge is 2.33. The van der Waals surface area contributed by atoms with Crippen molar-refractivity contribution in [1.29, 1.82) is 0 Å². The fraction of sp³-hybridized carbons (Fsp3) is 0.391. The highest BCUT2D eigenvalue weighted by molar-refractivity contribution is 7.88. The maximum absolute atomic E-state index is 13.0. The molecule has 3 rings (SSSR count). The third kappa shape index (κ3) is 6.69. The topological polar surface area (TPSA) is 95.6 Å². The van der Waals surface area contributed by atoms with Crippen molar-refractivity contribution in [2.45, 2.75) is 38.5 Å². The van der Waals surface area contributed by atoms with Crippen LogP contribution in [0.25, 0.3) is 0 Å². The number of sulfonamides is 1. The van der Waals surface area contributed by atoms with Crippen LogP contribution >= 0.6 is 23.2 Å². The molecular formula is C23H27Cl2N3O4S. The van der Waals surface area contributed by atoms with E-state index in [4.69, 9.17) is 23.2 Å². The van der Waals surface area contributed by atoms with Gasteiger partial charge in [0.05, 0.1) is 33.0 Å². The van der Waals surface area contributed by atoms with Crippen LogP contribution in [0.4, 0.5) is 5.69 Å². The molecule has 2 N–H and O–H groups in total. The summed E-state index contributed by atoms with van der Waals surface area (Å²) in [6.07, 6.45) is 1.12. The van der Waals surface area contributed by atoms with E-state index in [9.17, 15) is 18.0 Å². The van der Waals surface area contributed by atoms with E-state index in [2.05, 4.69) is 10.6 Å². The first-order chi connectivity index (χ1) is 15.6. The summed E-state index contributed by atoms with van der Waals surface area (Å²) < 4.78 is 27.3. The van der Waals surface area contributed by atoms with Crippen LogP contribution in [0.2, 0.25) is 10.0 Å². The predicted octanol–water partition coefficient (Wildman–Crippen LogP) is 4.31. The first-order valence-corrected chi connectivity index (χ1v) is 13.1. The second-order valence-corrected chi connectivity index (χ2v) is 11.1. The Labute approximate surface area is 204 Å². The SMILES string of the molecule is CC(C)NC(=O)c1ccccc1NC(=O)[C@@H]1CCCN(S(=O)(=O)Cc2ccc(Cl)c(Cl)c2)C1. The summed E-state index contributed by atoms with van der Waals surface area (Å²) in [6.45, 7) is 4.14. The van der Waals surface area contributed by atoms with Crippen molar-refractivity contribution in [3.05, 3.63) is 63.6 Å². The number of carbonyl (C=O) groups is 2. The minimum Gasteiger partial charge on any atom is -0.350 e. The summed E-state index contributed by atoms with van der Waals surface area (Å²) in [5, 5.41) is 6.28.